The van der Waals surface area contributed by atoms with Gasteiger partial charge in [0.1, 0.15) is 12.2 Å². The second kappa shape index (κ2) is 5.73. The van der Waals surface area contributed by atoms with E-state index in [4.69, 9.17) is 0 Å². The van der Waals surface area contributed by atoms with Gasteiger partial charge in [-0.05, 0) is 32.6 Å². The molecule has 19 heavy (non-hydrogen) atoms. The first-order valence-electron chi connectivity index (χ1n) is 7.40. The predicted molar refractivity (Wildman–Crippen MR) is 74.4 cm³/mol. The van der Waals surface area contributed by atoms with Crippen molar-refractivity contribution in [3.8, 4) is 6.07 Å². The van der Waals surface area contributed by atoms with E-state index in [9.17, 15) is 5.26 Å². The summed E-state index contributed by atoms with van der Waals surface area (Å²) in [6.07, 6.45) is 8.01. The van der Waals surface area contributed by atoms with Crippen molar-refractivity contribution in [3.05, 3.63) is 12.2 Å². The predicted octanol–water partition coefficient (Wildman–Crippen LogP) is 3.51. The lowest BCUT2D eigenvalue weighted by atomic mass is 9.68. The van der Waals surface area contributed by atoms with Crippen LogP contribution in [0.3, 0.4) is 0 Å². The molecule has 0 radical (unpaired) electrons. The molecular formula is C15H24N4. The van der Waals surface area contributed by atoms with E-state index in [1.54, 1.807) is 6.33 Å². The lowest BCUT2D eigenvalue weighted by Gasteiger charge is -2.35. The van der Waals surface area contributed by atoms with E-state index in [0.29, 0.717) is 12.0 Å². The van der Waals surface area contributed by atoms with Crippen LogP contribution in [0.25, 0.3) is 0 Å². The van der Waals surface area contributed by atoms with Crippen molar-refractivity contribution in [2.45, 2.75) is 65.3 Å². The third kappa shape index (κ3) is 2.97. The van der Waals surface area contributed by atoms with Crippen molar-refractivity contribution >= 4 is 0 Å². The Morgan fingerprint density at radius 1 is 1.58 bits per heavy atom. The normalized spacial score (nSPS) is 27.4. The quantitative estimate of drug-likeness (QED) is 0.832. The zero-order valence-electron chi connectivity index (χ0n) is 12.3. The van der Waals surface area contributed by atoms with Crippen molar-refractivity contribution in [2.24, 2.45) is 11.3 Å². The molecule has 0 spiro atoms. The second-order valence-corrected chi connectivity index (χ2v) is 6.15. The third-order valence-electron chi connectivity index (χ3n) is 4.39. The van der Waals surface area contributed by atoms with Gasteiger partial charge in [-0.2, -0.15) is 10.4 Å². The minimum absolute atomic E-state index is 0.224. The van der Waals surface area contributed by atoms with Gasteiger partial charge in [-0.15, -0.1) is 0 Å². The molecule has 1 aromatic heterocycles. The van der Waals surface area contributed by atoms with Crippen LogP contribution in [0, 0.1) is 22.7 Å². The minimum atomic E-state index is -0.224. The number of aromatic nitrogens is 3. The summed E-state index contributed by atoms with van der Waals surface area (Å²) in [5, 5.41) is 14.0. The van der Waals surface area contributed by atoms with Gasteiger partial charge in [-0.25, -0.2) is 9.67 Å². The highest BCUT2D eigenvalue weighted by Crippen LogP contribution is 2.42. The summed E-state index contributed by atoms with van der Waals surface area (Å²) in [5.74, 6) is 1.66. The van der Waals surface area contributed by atoms with Gasteiger partial charge in [0.05, 0.1) is 11.5 Å². The molecule has 0 amide bonds. The Hall–Kier alpha value is -1.37. The van der Waals surface area contributed by atoms with Gasteiger partial charge in [0.2, 0.25) is 0 Å². The van der Waals surface area contributed by atoms with Gasteiger partial charge in [-0.1, -0.05) is 26.2 Å². The van der Waals surface area contributed by atoms with Crippen LogP contribution in [0.1, 0.15) is 64.7 Å². The molecule has 0 saturated heterocycles. The number of rotatable bonds is 4. The maximum atomic E-state index is 9.68. The largest absolute Gasteiger partial charge is 0.248 e. The number of nitrogens with zero attached hydrogens (tertiary/aromatic N) is 4. The summed E-state index contributed by atoms with van der Waals surface area (Å²) >= 11 is 0. The maximum absolute atomic E-state index is 9.68. The third-order valence-corrected chi connectivity index (χ3v) is 4.39. The Morgan fingerprint density at radius 2 is 2.37 bits per heavy atom. The van der Waals surface area contributed by atoms with E-state index in [2.05, 4.69) is 36.9 Å². The Balaban J connectivity index is 2.19. The fourth-order valence-electron chi connectivity index (χ4n) is 3.27. The molecule has 0 bridgehead atoms. The van der Waals surface area contributed by atoms with Crippen LogP contribution < -0.4 is 0 Å². The van der Waals surface area contributed by atoms with Crippen LogP contribution in [0.2, 0.25) is 0 Å². The van der Waals surface area contributed by atoms with E-state index in [0.717, 1.165) is 25.1 Å². The first-order valence-corrected chi connectivity index (χ1v) is 7.40. The maximum Gasteiger partial charge on any atom is 0.138 e. The summed E-state index contributed by atoms with van der Waals surface area (Å²) in [4.78, 5) is 4.38. The van der Waals surface area contributed by atoms with Crippen LogP contribution in [-0.2, 0) is 6.42 Å². The van der Waals surface area contributed by atoms with Gasteiger partial charge in [-0.3, -0.25) is 0 Å². The zero-order valence-corrected chi connectivity index (χ0v) is 12.3. The molecule has 1 aliphatic carbocycles. The molecule has 2 atom stereocenters. The summed E-state index contributed by atoms with van der Waals surface area (Å²) in [6.45, 7) is 6.44. The minimum Gasteiger partial charge on any atom is -0.248 e. The van der Waals surface area contributed by atoms with Crippen LogP contribution in [0.4, 0.5) is 0 Å². The van der Waals surface area contributed by atoms with E-state index >= 15 is 0 Å². The van der Waals surface area contributed by atoms with Crippen LogP contribution >= 0.6 is 0 Å². The van der Waals surface area contributed by atoms with Crippen molar-refractivity contribution in [1.29, 1.82) is 5.26 Å². The van der Waals surface area contributed by atoms with Crippen molar-refractivity contribution in [3.63, 3.8) is 0 Å². The molecular weight excluding hydrogens is 236 g/mol. The first-order chi connectivity index (χ1) is 9.10. The summed E-state index contributed by atoms with van der Waals surface area (Å²) in [7, 11) is 0. The van der Waals surface area contributed by atoms with Gasteiger partial charge in [0.15, 0.2) is 0 Å². The zero-order chi connectivity index (χ0) is 13.9. The van der Waals surface area contributed by atoms with Crippen LogP contribution in [-0.4, -0.2) is 14.8 Å². The second-order valence-electron chi connectivity index (χ2n) is 6.15. The average Bonchev–Trinajstić information content (AvgIpc) is 2.87. The number of hydrogen-bond donors (Lipinski definition) is 0. The smallest absolute Gasteiger partial charge is 0.138 e. The van der Waals surface area contributed by atoms with E-state index < -0.39 is 0 Å². The van der Waals surface area contributed by atoms with Crippen LogP contribution in [0.5, 0.6) is 0 Å². The first kappa shape index (κ1) is 14.0. The summed E-state index contributed by atoms with van der Waals surface area (Å²) < 4.78 is 1.95. The highest BCUT2D eigenvalue weighted by Gasteiger charge is 2.37. The molecule has 4 heteroatoms. The van der Waals surface area contributed by atoms with Gasteiger partial charge < -0.3 is 0 Å². The Morgan fingerprint density at radius 3 is 3.00 bits per heavy atom. The molecule has 2 unspecified atom stereocenters. The summed E-state index contributed by atoms with van der Waals surface area (Å²) in [6, 6.07) is 2.91. The molecule has 1 aromatic rings. The Labute approximate surface area is 115 Å². The van der Waals surface area contributed by atoms with Crippen molar-refractivity contribution < 1.29 is 0 Å². The molecule has 4 nitrogen and oxygen atoms in total. The summed E-state index contributed by atoms with van der Waals surface area (Å²) in [5.41, 5.74) is -0.224. The van der Waals surface area contributed by atoms with E-state index in [1.807, 2.05) is 4.68 Å². The Bertz CT molecular complexity index is 457. The molecule has 1 aliphatic rings. The molecule has 104 valence electrons. The highest BCUT2D eigenvalue weighted by molar-refractivity contribution is 5.08. The lowest BCUT2D eigenvalue weighted by molar-refractivity contribution is 0.188. The molecule has 1 heterocycles. The van der Waals surface area contributed by atoms with E-state index in [1.165, 1.54) is 19.3 Å². The topological polar surface area (TPSA) is 54.5 Å². The van der Waals surface area contributed by atoms with Crippen LogP contribution in [0.15, 0.2) is 6.33 Å². The fourth-order valence-corrected chi connectivity index (χ4v) is 3.27. The average molecular weight is 260 g/mol. The highest BCUT2D eigenvalue weighted by atomic mass is 15.3. The molecule has 0 aromatic carbocycles. The SMILES string of the molecule is CCC1CCCC(C#N)(Cc2ncnn2C(C)C)C1. The van der Waals surface area contributed by atoms with Gasteiger partial charge in [0, 0.05) is 12.5 Å². The number of nitriles is 1. The number of hydrogen-bond acceptors (Lipinski definition) is 3. The monoisotopic (exact) mass is 260 g/mol. The van der Waals surface area contributed by atoms with Crippen molar-refractivity contribution in [2.75, 3.05) is 0 Å². The van der Waals surface area contributed by atoms with Gasteiger partial charge in [0.25, 0.3) is 0 Å². The molecule has 0 aliphatic heterocycles. The fraction of sp³-hybridized carbons (Fsp3) is 0.800. The lowest BCUT2D eigenvalue weighted by Crippen LogP contribution is -2.31. The molecule has 1 saturated carbocycles. The van der Waals surface area contributed by atoms with Gasteiger partial charge >= 0.3 is 0 Å². The molecule has 0 N–H and O–H groups in total. The Kier molecular flexibility index (Phi) is 4.24. The standard InChI is InChI=1S/C15H24N4/c1-4-13-6-5-7-15(8-13,10-16)9-14-17-11-18-19(14)12(2)3/h11-13H,4-9H2,1-3H3. The molecule has 2 rings (SSSR count). The molecule has 1 fully saturated rings. The van der Waals surface area contributed by atoms with E-state index in [-0.39, 0.29) is 5.41 Å². The van der Waals surface area contributed by atoms with Crippen molar-refractivity contribution in [1.82, 2.24) is 14.8 Å².